The van der Waals surface area contributed by atoms with Gasteiger partial charge in [-0.15, -0.1) is 0 Å². The summed E-state index contributed by atoms with van der Waals surface area (Å²) >= 11 is 0. The van der Waals surface area contributed by atoms with E-state index in [2.05, 4.69) is 19.1 Å². The lowest BCUT2D eigenvalue weighted by Crippen LogP contribution is -2.23. The fourth-order valence-electron chi connectivity index (χ4n) is 3.42. The molecule has 0 saturated heterocycles. The van der Waals surface area contributed by atoms with Gasteiger partial charge >= 0.3 is 0 Å². The smallest absolute Gasteiger partial charge is 0.269 e. The van der Waals surface area contributed by atoms with Crippen LogP contribution < -0.4 is 0 Å². The standard InChI is InChI=1S/C18H18N2O2/c1-2-14-15-8-3-4-9-16(15)17(11-18(14)19)12-6-5-7-13(10-12)20(21)22/h3-10,14,17,19H,2,11H2,1H3. The maximum absolute atomic E-state index is 11.0. The van der Waals surface area contributed by atoms with Gasteiger partial charge in [0.2, 0.25) is 0 Å². The molecule has 0 amide bonds. The summed E-state index contributed by atoms with van der Waals surface area (Å²) in [5, 5.41) is 19.4. The minimum atomic E-state index is -0.363. The predicted molar refractivity (Wildman–Crippen MR) is 86.8 cm³/mol. The van der Waals surface area contributed by atoms with Gasteiger partial charge in [0, 0.05) is 29.7 Å². The van der Waals surface area contributed by atoms with Gasteiger partial charge in [-0.3, -0.25) is 10.1 Å². The molecule has 0 radical (unpaired) electrons. The lowest BCUT2D eigenvalue weighted by atomic mass is 9.72. The lowest BCUT2D eigenvalue weighted by molar-refractivity contribution is -0.384. The van der Waals surface area contributed by atoms with E-state index in [1.165, 1.54) is 17.2 Å². The summed E-state index contributed by atoms with van der Waals surface area (Å²) in [5.74, 6) is 0.206. The summed E-state index contributed by atoms with van der Waals surface area (Å²) in [6.45, 7) is 2.10. The van der Waals surface area contributed by atoms with E-state index in [-0.39, 0.29) is 22.4 Å². The second-order valence-corrected chi connectivity index (χ2v) is 5.72. The topological polar surface area (TPSA) is 67.0 Å². The molecule has 2 atom stereocenters. The summed E-state index contributed by atoms with van der Waals surface area (Å²) < 4.78 is 0. The normalized spacial score (nSPS) is 20.5. The van der Waals surface area contributed by atoms with Crippen molar-refractivity contribution >= 4 is 11.4 Å². The van der Waals surface area contributed by atoms with Crippen molar-refractivity contribution in [3.63, 3.8) is 0 Å². The average molecular weight is 294 g/mol. The molecular formula is C18H18N2O2. The molecule has 0 aromatic heterocycles. The highest BCUT2D eigenvalue weighted by molar-refractivity contribution is 5.91. The lowest BCUT2D eigenvalue weighted by Gasteiger charge is -2.32. The van der Waals surface area contributed by atoms with E-state index in [0.717, 1.165) is 17.7 Å². The number of non-ortho nitro benzene ring substituents is 1. The maximum atomic E-state index is 11.0. The van der Waals surface area contributed by atoms with E-state index in [4.69, 9.17) is 5.41 Å². The van der Waals surface area contributed by atoms with Crippen LogP contribution in [0.25, 0.3) is 0 Å². The highest BCUT2D eigenvalue weighted by Crippen LogP contribution is 2.42. The molecular weight excluding hydrogens is 276 g/mol. The van der Waals surface area contributed by atoms with Gasteiger partial charge in [-0.1, -0.05) is 43.3 Å². The van der Waals surface area contributed by atoms with Gasteiger partial charge < -0.3 is 5.41 Å². The molecule has 3 rings (SSSR count). The van der Waals surface area contributed by atoms with E-state index >= 15 is 0 Å². The minimum absolute atomic E-state index is 0.0337. The number of nitrogens with one attached hydrogen (secondary N) is 1. The van der Waals surface area contributed by atoms with Crippen molar-refractivity contribution in [2.24, 2.45) is 0 Å². The molecule has 1 N–H and O–H groups in total. The van der Waals surface area contributed by atoms with E-state index in [0.29, 0.717) is 6.42 Å². The highest BCUT2D eigenvalue weighted by Gasteiger charge is 2.31. The van der Waals surface area contributed by atoms with Crippen molar-refractivity contribution in [2.75, 3.05) is 0 Å². The number of nitrogens with zero attached hydrogens (tertiary/aromatic N) is 1. The Balaban J connectivity index is 2.10. The molecule has 2 aromatic carbocycles. The molecule has 0 fully saturated rings. The van der Waals surface area contributed by atoms with Crippen LogP contribution in [0.15, 0.2) is 48.5 Å². The second-order valence-electron chi connectivity index (χ2n) is 5.72. The Bertz CT molecular complexity index is 739. The van der Waals surface area contributed by atoms with Gasteiger partial charge in [-0.05, 0) is 29.5 Å². The number of hydrogen-bond donors (Lipinski definition) is 1. The van der Waals surface area contributed by atoms with Crippen LogP contribution in [0.5, 0.6) is 0 Å². The van der Waals surface area contributed by atoms with Crippen molar-refractivity contribution in [3.05, 3.63) is 75.3 Å². The number of nitro groups is 1. The Labute approximate surface area is 129 Å². The van der Waals surface area contributed by atoms with E-state index < -0.39 is 0 Å². The van der Waals surface area contributed by atoms with Crippen molar-refractivity contribution < 1.29 is 4.92 Å². The third kappa shape index (κ3) is 2.41. The number of benzene rings is 2. The molecule has 112 valence electrons. The van der Waals surface area contributed by atoms with Crippen molar-refractivity contribution in [1.82, 2.24) is 0 Å². The summed E-state index contributed by atoms with van der Waals surface area (Å²) in [6.07, 6.45) is 1.55. The molecule has 0 aliphatic heterocycles. The second kappa shape index (κ2) is 5.72. The zero-order valence-corrected chi connectivity index (χ0v) is 12.5. The van der Waals surface area contributed by atoms with Gasteiger partial charge in [0.05, 0.1) is 4.92 Å². The third-order valence-corrected chi connectivity index (χ3v) is 4.48. The minimum Gasteiger partial charge on any atom is -0.309 e. The van der Waals surface area contributed by atoms with Crippen LogP contribution in [0, 0.1) is 15.5 Å². The Hall–Kier alpha value is -2.49. The van der Waals surface area contributed by atoms with Crippen LogP contribution in [0.1, 0.15) is 48.3 Å². The molecule has 2 aromatic rings. The average Bonchev–Trinajstić information content (AvgIpc) is 2.54. The summed E-state index contributed by atoms with van der Waals surface area (Å²) in [7, 11) is 0. The van der Waals surface area contributed by atoms with Crippen molar-refractivity contribution in [1.29, 1.82) is 5.41 Å². The maximum Gasteiger partial charge on any atom is 0.269 e. The molecule has 22 heavy (non-hydrogen) atoms. The molecule has 0 bridgehead atoms. The van der Waals surface area contributed by atoms with Gasteiger partial charge in [0.15, 0.2) is 0 Å². The van der Waals surface area contributed by atoms with Gasteiger partial charge in [0.25, 0.3) is 5.69 Å². The van der Waals surface area contributed by atoms with Crippen LogP contribution in [-0.4, -0.2) is 10.6 Å². The van der Waals surface area contributed by atoms with Gasteiger partial charge in [0.1, 0.15) is 0 Å². The number of hydrogen-bond acceptors (Lipinski definition) is 3. The molecule has 1 aliphatic carbocycles. The van der Waals surface area contributed by atoms with Crippen LogP contribution in [0.2, 0.25) is 0 Å². The van der Waals surface area contributed by atoms with E-state index in [1.54, 1.807) is 12.1 Å². The molecule has 0 spiro atoms. The number of rotatable bonds is 3. The zero-order chi connectivity index (χ0) is 15.7. The van der Waals surface area contributed by atoms with E-state index in [9.17, 15) is 10.1 Å². The van der Waals surface area contributed by atoms with Crippen LogP contribution >= 0.6 is 0 Å². The van der Waals surface area contributed by atoms with Crippen LogP contribution in [-0.2, 0) is 0 Å². The Kier molecular flexibility index (Phi) is 3.75. The number of fused-ring (bicyclic) bond motifs is 1. The molecule has 4 heteroatoms. The van der Waals surface area contributed by atoms with Crippen LogP contribution in [0.4, 0.5) is 5.69 Å². The molecule has 1 aliphatic rings. The molecule has 2 unspecified atom stereocenters. The molecule has 0 saturated carbocycles. The van der Waals surface area contributed by atoms with E-state index in [1.807, 2.05) is 18.2 Å². The summed E-state index contributed by atoms with van der Waals surface area (Å²) in [5.41, 5.74) is 4.14. The van der Waals surface area contributed by atoms with Crippen molar-refractivity contribution in [3.8, 4) is 0 Å². The molecule has 4 nitrogen and oxygen atoms in total. The Morgan fingerprint density at radius 2 is 1.91 bits per heavy atom. The Morgan fingerprint density at radius 3 is 2.59 bits per heavy atom. The van der Waals surface area contributed by atoms with Crippen LogP contribution in [0.3, 0.4) is 0 Å². The van der Waals surface area contributed by atoms with Crippen molar-refractivity contribution in [2.45, 2.75) is 31.6 Å². The highest BCUT2D eigenvalue weighted by atomic mass is 16.6. The zero-order valence-electron chi connectivity index (χ0n) is 12.5. The largest absolute Gasteiger partial charge is 0.309 e. The summed E-state index contributed by atoms with van der Waals surface area (Å²) in [6, 6.07) is 15.0. The predicted octanol–water partition coefficient (Wildman–Crippen LogP) is 4.64. The first kappa shape index (κ1) is 14.4. The third-order valence-electron chi connectivity index (χ3n) is 4.48. The fourth-order valence-corrected chi connectivity index (χ4v) is 3.42. The SMILES string of the molecule is CCC1C(=N)CC(c2cccc([N+](=O)[O-])c2)c2ccccc21. The summed E-state index contributed by atoms with van der Waals surface area (Å²) in [4.78, 5) is 10.6. The quantitative estimate of drug-likeness (QED) is 0.661. The monoisotopic (exact) mass is 294 g/mol. The fraction of sp³-hybridized carbons (Fsp3) is 0.278. The van der Waals surface area contributed by atoms with Gasteiger partial charge in [-0.2, -0.15) is 0 Å². The first-order valence-corrected chi connectivity index (χ1v) is 7.52. The molecule has 0 heterocycles. The first-order valence-electron chi connectivity index (χ1n) is 7.52. The Morgan fingerprint density at radius 1 is 1.18 bits per heavy atom. The van der Waals surface area contributed by atoms with Gasteiger partial charge in [-0.25, -0.2) is 0 Å². The first-order chi connectivity index (χ1) is 10.6. The number of nitro benzene ring substituents is 1.